The molecule has 2 rings (SSSR count). The van der Waals surface area contributed by atoms with Crippen LogP contribution in [0.2, 0.25) is 5.02 Å². The second kappa shape index (κ2) is 4.45. The minimum Gasteiger partial charge on any atom is -0.340 e. The molecule has 0 aliphatic carbocycles. The van der Waals surface area contributed by atoms with Gasteiger partial charge in [0.2, 0.25) is 5.95 Å². The summed E-state index contributed by atoms with van der Waals surface area (Å²) in [6.45, 7) is 0. The fraction of sp³-hybridized carbons (Fsp3) is 0. The molecule has 5 heteroatoms. The molecule has 1 aromatic carbocycles. The maximum absolute atomic E-state index is 12.9. The summed E-state index contributed by atoms with van der Waals surface area (Å²) in [7, 11) is 0. The Balaban J connectivity index is 2.24. The van der Waals surface area contributed by atoms with Crippen molar-refractivity contribution in [2.75, 3.05) is 5.32 Å². The molecular formula is C11H7ClF2N2. The second-order valence-electron chi connectivity index (χ2n) is 3.10. The third kappa shape index (κ3) is 2.46. The van der Waals surface area contributed by atoms with Gasteiger partial charge in [-0.3, -0.25) is 0 Å². The average molecular weight is 241 g/mol. The van der Waals surface area contributed by atoms with Crippen molar-refractivity contribution in [2.24, 2.45) is 0 Å². The van der Waals surface area contributed by atoms with Crippen LogP contribution in [0.15, 0.2) is 36.4 Å². The van der Waals surface area contributed by atoms with Gasteiger partial charge in [-0.1, -0.05) is 17.7 Å². The van der Waals surface area contributed by atoms with E-state index in [9.17, 15) is 8.78 Å². The number of pyridine rings is 1. The van der Waals surface area contributed by atoms with Crippen molar-refractivity contribution in [3.05, 3.63) is 53.2 Å². The number of anilines is 2. The lowest BCUT2D eigenvalue weighted by molar-refractivity contribution is 0.585. The number of hydrogen-bond acceptors (Lipinski definition) is 2. The Morgan fingerprint density at radius 2 is 1.94 bits per heavy atom. The quantitative estimate of drug-likeness (QED) is 0.809. The highest BCUT2D eigenvalue weighted by atomic mass is 35.5. The SMILES string of the molecule is Fc1cccc(Nc2ccc(F)c(Cl)c2)n1. The van der Waals surface area contributed by atoms with E-state index in [2.05, 4.69) is 10.3 Å². The molecule has 0 saturated carbocycles. The third-order valence-corrected chi connectivity index (χ3v) is 2.20. The molecule has 1 heterocycles. The molecule has 0 fully saturated rings. The number of benzene rings is 1. The van der Waals surface area contributed by atoms with E-state index in [1.54, 1.807) is 6.07 Å². The van der Waals surface area contributed by atoms with Crippen LogP contribution in [0.25, 0.3) is 0 Å². The number of aromatic nitrogens is 1. The standard InChI is InChI=1S/C11H7ClF2N2/c12-8-6-7(4-5-9(8)13)15-11-3-1-2-10(14)16-11/h1-6H,(H,15,16). The van der Waals surface area contributed by atoms with Crippen LogP contribution >= 0.6 is 11.6 Å². The third-order valence-electron chi connectivity index (χ3n) is 1.91. The van der Waals surface area contributed by atoms with Gasteiger partial charge in [-0.15, -0.1) is 0 Å². The summed E-state index contributed by atoms with van der Waals surface area (Å²) in [4.78, 5) is 3.61. The van der Waals surface area contributed by atoms with Crippen molar-refractivity contribution in [1.82, 2.24) is 4.98 Å². The summed E-state index contributed by atoms with van der Waals surface area (Å²) in [5, 5.41) is 2.81. The van der Waals surface area contributed by atoms with Crippen molar-refractivity contribution in [2.45, 2.75) is 0 Å². The fourth-order valence-corrected chi connectivity index (χ4v) is 1.38. The highest BCUT2D eigenvalue weighted by Crippen LogP contribution is 2.21. The van der Waals surface area contributed by atoms with E-state index < -0.39 is 11.8 Å². The minimum atomic E-state index is -0.585. The first kappa shape index (κ1) is 10.8. The van der Waals surface area contributed by atoms with Crippen molar-refractivity contribution in [3.8, 4) is 0 Å². The zero-order chi connectivity index (χ0) is 11.5. The second-order valence-corrected chi connectivity index (χ2v) is 3.51. The first-order valence-corrected chi connectivity index (χ1v) is 4.87. The Morgan fingerprint density at radius 1 is 1.12 bits per heavy atom. The Labute approximate surface area is 95.9 Å². The molecule has 0 aliphatic rings. The zero-order valence-electron chi connectivity index (χ0n) is 8.05. The number of nitrogens with one attached hydrogen (secondary N) is 1. The normalized spacial score (nSPS) is 10.2. The molecule has 2 aromatic rings. The molecule has 1 N–H and O–H groups in total. The van der Waals surface area contributed by atoms with Gasteiger partial charge in [0.15, 0.2) is 0 Å². The van der Waals surface area contributed by atoms with Gasteiger partial charge in [0.05, 0.1) is 5.02 Å². The lowest BCUT2D eigenvalue weighted by Crippen LogP contribution is -1.95. The minimum absolute atomic E-state index is 0.00130. The predicted molar refractivity (Wildman–Crippen MR) is 58.9 cm³/mol. The van der Waals surface area contributed by atoms with Crippen LogP contribution in [0.4, 0.5) is 20.3 Å². The van der Waals surface area contributed by atoms with Crippen LogP contribution < -0.4 is 5.32 Å². The summed E-state index contributed by atoms with van der Waals surface area (Å²) in [6.07, 6.45) is 0. The molecule has 0 spiro atoms. The molecule has 16 heavy (non-hydrogen) atoms. The van der Waals surface area contributed by atoms with Crippen LogP contribution in [0.5, 0.6) is 0 Å². The molecule has 0 atom stereocenters. The summed E-state index contributed by atoms with van der Waals surface area (Å²) in [5.41, 5.74) is 0.546. The average Bonchev–Trinajstić information content (AvgIpc) is 2.24. The molecule has 0 saturated heterocycles. The van der Waals surface area contributed by atoms with Gasteiger partial charge in [-0.2, -0.15) is 4.39 Å². The van der Waals surface area contributed by atoms with E-state index in [0.717, 1.165) is 0 Å². The van der Waals surface area contributed by atoms with Gasteiger partial charge in [0.1, 0.15) is 11.6 Å². The molecule has 0 unspecified atom stereocenters. The lowest BCUT2D eigenvalue weighted by Gasteiger charge is -2.05. The summed E-state index contributed by atoms with van der Waals surface area (Å²) in [5.74, 6) is -0.750. The first-order chi connectivity index (χ1) is 7.65. The van der Waals surface area contributed by atoms with Crippen LogP contribution in [0.1, 0.15) is 0 Å². The van der Waals surface area contributed by atoms with Crippen molar-refractivity contribution in [3.63, 3.8) is 0 Å². The van der Waals surface area contributed by atoms with Crippen molar-refractivity contribution in [1.29, 1.82) is 0 Å². The molecule has 0 amide bonds. The number of hydrogen-bond donors (Lipinski definition) is 1. The topological polar surface area (TPSA) is 24.9 Å². The Morgan fingerprint density at radius 3 is 2.62 bits per heavy atom. The molecule has 0 aliphatic heterocycles. The number of nitrogens with zero attached hydrogens (tertiary/aromatic N) is 1. The number of rotatable bonds is 2. The maximum Gasteiger partial charge on any atom is 0.214 e. The fourth-order valence-electron chi connectivity index (χ4n) is 1.20. The van der Waals surface area contributed by atoms with E-state index in [1.165, 1.54) is 30.3 Å². The van der Waals surface area contributed by atoms with Gasteiger partial charge in [-0.05, 0) is 30.3 Å². The highest BCUT2D eigenvalue weighted by Gasteiger charge is 2.02. The van der Waals surface area contributed by atoms with E-state index in [-0.39, 0.29) is 5.02 Å². The van der Waals surface area contributed by atoms with Crippen molar-refractivity contribution < 1.29 is 8.78 Å². The van der Waals surface area contributed by atoms with Crippen LogP contribution in [-0.2, 0) is 0 Å². The smallest absolute Gasteiger partial charge is 0.214 e. The van der Waals surface area contributed by atoms with E-state index in [0.29, 0.717) is 11.5 Å². The van der Waals surface area contributed by atoms with Gasteiger partial charge < -0.3 is 5.32 Å². The van der Waals surface area contributed by atoms with Gasteiger partial charge >= 0.3 is 0 Å². The highest BCUT2D eigenvalue weighted by molar-refractivity contribution is 6.31. The summed E-state index contributed by atoms with van der Waals surface area (Å²) >= 11 is 5.60. The summed E-state index contributed by atoms with van der Waals surface area (Å²) in [6, 6.07) is 8.49. The molecule has 1 aromatic heterocycles. The van der Waals surface area contributed by atoms with Crippen LogP contribution in [-0.4, -0.2) is 4.98 Å². The van der Waals surface area contributed by atoms with E-state index in [4.69, 9.17) is 11.6 Å². The van der Waals surface area contributed by atoms with Gasteiger partial charge in [0.25, 0.3) is 0 Å². The van der Waals surface area contributed by atoms with Crippen LogP contribution in [0, 0.1) is 11.8 Å². The van der Waals surface area contributed by atoms with Crippen molar-refractivity contribution >= 4 is 23.1 Å². The van der Waals surface area contributed by atoms with Gasteiger partial charge in [-0.25, -0.2) is 9.37 Å². The van der Waals surface area contributed by atoms with Gasteiger partial charge in [0, 0.05) is 5.69 Å². The lowest BCUT2D eigenvalue weighted by atomic mass is 10.3. The maximum atomic E-state index is 12.9. The van der Waals surface area contributed by atoms with E-state index >= 15 is 0 Å². The largest absolute Gasteiger partial charge is 0.340 e. The Bertz CT molecular complexity index is 517. The predicted octanol–water partition coefficient (Wildman–Crippen LogP) is 3.76. The molecule has 0 bridgehead atoms. The zero-order valence-corrected chi connectivity index (χ0v) is 8.80. The summed E-state index contributed by atoms with van der Waals surface area (Å²) < 4.78 is 25.6. The first-order valence-electron chi connectivity index (χ1n) is 4.50. The molecule has 82 valence electrons. The Hall–Kier alpha value is -1.68. The Kier molecular flexibility index (Phi) is 3.01. The molecule has 2 nitrogen and oxygen atoms in total. The number of halogens is 3. The van der Waals surface area contributed by atoms with Crippen LogP contribution in [0.3, 0.4) is 0 Å². The monoisotopic (exact) mass is 240 g/mol. The van der Waals surface area contributed by atoms with E-state index in [1.807, 2.05) is 0 Å². The molecular weight excluding hydrogens is 234 g/mol. The molecule has 0 radical (unpaired) electrons.